The molecule has 0 unspecified atom stereocenters. The molecule has 0 N–H and O–H groups in total. The van der Waals surface area contributed by atoms with E-state index in [2.05, 4.69) is 19.0 Å². The van der Waals surface area contributed by atoms with Crippen molar-refractivity contribution in [3.8, 4) is 0 Å². The third-order valence-electron chi connectivity index (χ3n) is 4.71. The van der Waals surface area contributed by atoms with E-state index in [1.165, 1.54) is 0 Å². The normalized spacial score (nSPS) is 28.5. The van der Waals surface area contributed by atoms with E-state index in [1.807, 2.05) is 34.8 Å². The second-order valence-electron chi connectivity index (χ2n) is 7.01. The number of rotatable bonds is 3. The summed E-state index contributed by atoms with van der Waals surface area (Å²) >= 11 is 0. The summed E-state index contributed by atoms with van der Waals surface area (Å²) in [5, 5.41) is 0. The summed E-state index contributed by atoms with van der Waals surface area (Å²) in [7, 11) is 6.02. The van der Waals surface area contributed by atoms with Gasteiger partial charge in [-0.25, -0.2) is 0 Å². The molecule has 2 fully saturated rings. The van der Waals surface area contributed by atoms with Gasteiger partial charge in [-0.2, -0.15) is 0 Å². The van der Waals surface area contributed by atoms with Gasteiger partial charge in [-0.15, -0.1) is 0 Å². The SMILES string of the molecule is CN(C)C[C@H]1CC[C@]2(COCCN(C(=O)c3cccn3C)C2)O1. The fourth-order valence-electron chi connectivity index (χ4n) is 3.58. The number of aromatic nitrogens is 1. The Labute approximate surface area is 137 Å². The number of hydrogen-bond acceptors (Lipinski definition) is 4. The number of amides is 1. The van der Waals surface area contributed by atoms with Crippen molar-refractivity contribution in [1.29, 1.82) is 0 Å². The van der Waals surface area contributed by atoms with Crippen molar-refractivity contribution < 1.29 is 14.3 Å². The molecular formula is C17H27N3O3. The van der Waals surface area contributed by atoms with Crippen molar-refractivity contribution in [2.75, 3.05) is 46.9 Å². The highest BCUT2D eigenvalue weighted by Crippen LogP contribution is 2.33. The van der Waals surface area contributed by atoms with Crippen LogP contribution in [0.2, 0.25) is 0 Å². The Morgan fingerprint density at radius 1 is 1.48 bits per heavy atom. The molecule has 0 radical (unpaired) electrons. The Hall–Kier alpha value is -1.37. The standard InChI is InChI=1S/C17H27N3O3/c1-18(2)11-14-6-7-17(23-14)12-20(9-10-22-13-17)16(21)15-5-4-8-19(15)3/h4-5,8,14H,6-7,9-13H2,1-3H3/t14-,17+/m1/s1. The second-order valence-corrected chi connectivity index (χ2v) is 7.01. The Bertz CT molecular complexity index is 557. The molecule has 2 saturated heterocycles. The Morgan fingerprint density at radius 2 is 2.30 bits per heavy atom. The summed E-state index contributed by atoms with van der Waals surface area (Å²) in [5.41, 5.74) is 0.364. The fourth-order valence-corrected chi connectivity index (χ4v) is 3.58. The number of ether oxygens (including phenoxy) is 2. The number of hydrogen-bond donors (Lipinski definition) is 0. The van der Waals surface area contributed by atoms with Gasteiger partial charge in [0.25, 0.3) is 5.91 Å². The zero-order valence-corrected chi connectivity index (χ0v) is 14.3. The summed E-state index contributed by atoms with van der Waals surface area (Å²) in [6.45, 7) is 3.29. The van der Waals surface area contributed by atoms with Gasteiger partial charge < -0.3 is 23.8 Å². The quantitative estimate of drug-likeness (QED) is 0.832. The van der Waals surface area contributed by atoms with Gasteiger partial charge in [-0.3, -0.25) is 4.79 Å². The first-order valence-electron chi connectivity index (χ1n) is 8.30. The van der Waals surface area contributed by atoms with Gasteiger partial charge in [-0.1, -0.05) is 0 Å². The fraction of sp³-hybridized carbons (Fsp3) is 0.706. The topological polar surface area (TPSA) is 46.9 Å². The molecule has 2 aliphatic rings. The molecule has 1 aromatic rings. The molecule has 1 aromatic heterocycles. The molecule has 0 saturated carbocycles. The zero-order chi connectivity index (χ0) is 16.4. The Kier molecular flexibility index (Phi) is 4.75. The third kappa shape index (κ3) is 3.59. The number of nitrogens with zero attached hydrogens (tertiary/aromatic N) is 3. The van der Waals surface area contributed by atoms with Crippen LogP contribution in [0.25, 0.3) is 0 Å². The van der Waals surface area contributed by atoms with Crippen molar-refractivity contribution in [3.05, 3.63) is 24.0 Å². The maximum absolute atomic E-state index is 12.8. The molecule has 2 atom stereocenters. The van der Waals surface area contributed by atoms with E-state index >= 15 is 0 Å². The Morgan fingerprint density at radius 3 is 3.00 bits per heavy atom. The van der Waals surface area contributed by atoms with Gasteiger partial charge in [0.2, 0.25) is 0 Å². The molecule has 3 rings (SSSR count). The van der Waals surface area contributed by atoms with Crippen LogP contribution in [-0.4, -0.2) is 78.9 Å². The van der Waals surface area contributed by atoms with Gasteiger partial charge in [0.05, 0.1) is 25.9 Å². The van der Waals surface area contributed by atoms with Crippen LogP contribution in [0.1, 0.15) is 23.3 Å². The van der Waals surface area contributed by atoms with E-state index < -0.39 is 0 Å². The van der Waals surface area contributed by atoms with Crippen LogP contribution in [0.15, 0.2) is 18.3 Å². The predicted molar refractivity (Wildman–Crippen MR) is 87.5 cm³/mol. The van der Waals surface area contributed by atoms with Crippen LogP contribution in [-0.2, 0) is 16.5 Å². The predicted octanol–water partition coefficient (Wildman–Crippen LogP) is 0.977. The molecule has 1 amide bonds. The van der Waals surface area contributed by atoms with Crippen molar-refractivity contribution in [2.45, 2.75) is 24.5 Å². The Balaban J connectivity index is 1.72. The van der Waals surface area contributed by atoms with E-state index in [0.29, 0.717) is 32.0 Å². The molecule has 0 aliphatic carbocycles. The van der Waals surface area contributed by atoms with Crippen LogP contribution >= 0.6 is 0 Å². The highest BCUT2D eigenvalue weighted by Gasteiger charge is 2.44. The molecule has 23 heavy (non-hydrogen) atoms. The lowest BCUT2D eigenvalue weighted by molar-refractivity contribution is -0.0878. The van der Waals surface area contributed by atoms with Crippen LogP contribution in [0.4, 0.5) is 0 Å². The summed E-state index contributed by atoms with van der Waals surface area (Å²) in [5.74, 6) is 0.0574. The highest BCUT2D eigenvalue weighted by atomic mass is 16.6. The first-order chi connectivity index (χ1) is 11.0. The zero-order valence-electron chi connectivity index (χ0n) is 14.3. The van der Waals surface area contributed by atoms with Crippen LogP contribution in [0, 0.1) is 0 Å². The lowest BCUT2D eigenvalue weighted by Crippen LogP contribution is -2.47. The largest absolute Gasteiger partial charge is 0.377 e. The minimum Gasteiger partial charge on any atom is -0.377 e. The summed E-state index contributed by atoms with van der Waals surface area (Å²) in [6.07, 6.45) is 4.09. The maximum atomic E-state index is 12.8. The second kappa shape index (κ2) is 6.63. The molecule has 128 valence electrons. The van der Waals surface area contributed by atoms with Crippen LogP contribution in [0.5, 0.6) is 0 Å². The number of aryl methyl sites for hydroxylation is 1. The average molecular weight is 321 g/mol. The van der Waals surface area contributed by atoms with Crippen molar-refractivity contribution in [3.63, 3.8) is 0 Å². The minimum atomic E-state index is -0.349. The van der Waals surface area contributed by atoms with Gasteiger partial charge in [-0.05, 0) is 39.1 Å². The smallest absolute Gasteiger partial charge is 0.270 e. The van der Waals surface area contributed by atoms with E-state index in [4.69, 9.17) is 9.47 Å². The number of carbonyl (C=O) groups is 1. The lowest BCUT2D eigenvalue weighted by atomic mass is 10.00. The molecule has 0 bridgehead atoms. The van der Waals surface area contributed by atoms with Crippen molar-refractivity contribution >= 4 is 5.91 Å². The van der Waals surface area contributed by atoms with E-state index in [9.17, 15) is 4.79 Å². The van der Waals surface area contributed by atoms with E-state index in [-0.39, 0.29) is 17.6 Å². The third-order valence-corrected chi connectivity index (χ3v) is 4.71. The number of carbonyl (C=O) groups excluding carboxylic acids is 1. The summed E-state index contributed by atoms with van der Waals surface area (Å²) in [4.78, 5) is 16.9. The minimum absolute atomic E-state index is 0.0574. The van der Waals surface area contributed by atoms with Gasteiger partial charge >= 0.3 is 0 Å². The monoisotopic (exact) mass is 321 g/mol. The molecule has 3 heterocycles. The van der Waals surface area contributed by atoms with E-state index in [1.54, 1.807) is 0 Å². The molecule has 6 nitrogen and oxygen atoms in total. The molecule has 2 aliphatic heterocycles. The molecular weight excluding hydrogens is 294 g/mol. The first-order valence-corrected chi connectivity index (χ1v) is 8.30. The molecule has 1 spiro atoms. The van der Waals surface area contributed by atoms with E-state index in [0.717, 1.165) is 19.4 Å². The lowest BCUT2D eigenvalue weighted by Gasteiger charge is -2.32. The van der Waals surface area contributed by atoms with Crippen molar-refractivity contribution in [1.82, 2.24) is 14.4 Å². The molecule has 0 aromatic carbocycles. The maximum Gasteiger partial charge on any atom is 0.270 e. The average Bonchev–Trinajstić information content (AvgIpc) is 3.01. The van der Waals surface area contributed by atoms with Crippen LogP contribution < -0.4 is 0 Å². The summed E-state index contributed by atoms with van der Waals surface area (Å²) in [6, 6.07) is 3.77. The highest BCUT2D eigenvalue weighted by molar-refractivity contribution is 5.92. The summed E-state index contributed by atoms with van der Waals surface area (Å²) < 4.78 is 14.0. The molecule has 6 heteroatoms. The first kappa shape index (κ1) is 16.5. The van der Waals surface area contributed by atoms with Gasteiger partial charge in [0, 0.05) is 26.3 Å². The van der Waals surface area contributed by atoms with Crippen LogP contribution in [0.3, 0.4) is 0 Å². The van der Waals surface area contributed by atoms with Gasteiger partial charge in [0.1, 0.15) is 11.3 Å². The van der Waals surface area contributed by atoms with Crippen molar-refractivity contribution in [2.24, 2.45) is 7.05 Å². The number of likely N-dealkylation sites (N-methyl/N-ethyl adjacent to an activating group) is 1. The van der Waals surface area contributed by atoms with Gasteiger partial charge in [0.15, 0.2) is 0 Å².